The van der Waals surface area contributed by atoms with E-state index in [2.05, 4.69) is 5.32 Å². The van der Waals surface area contributed by atoms with Crippen LogP contribution >= 0.6 is 12.4 Å². The normalized spacial score (nSPS) is 24.4. The molecule has 1 aliphatic heterocycles. The predicted molar refractivity (Wildman–Crippen MR) is 64.4 cm³/mol. The van der Waals surface area contributed by atoms with Gasteiger partial charge in [-0.25, -0.2) is 0 Å². The summed E-state index contributed by atoms with van der Waals surface area (Å²) in [7, 11) is 0. The Bertz CT molecular complexity index is 397. The highest BCUT2D eigenvalue weighted by Crippen LogP contribution is 2.24. The zero-order chi connectivity index (χ0) is 10.9. The van der Waals surface area contributed by atoms with Crippen LogP contribution < -0.4 is 11.1 Å². The first kappa shape index (κ1) is 12.8. The van der Waals surface area contributed by atoms with Crippen LogP contribution in [0, 0.1) is 0 Å². The molecule has 88 valence electrons. The summed E-state index contributed by atoms with van der Waals surface area (Å²) in [4.78, 5) is 11.3. The minimum atomic E-state index is -0.468. The topological polar surface area (TPSA) is 64.3 Å². The standard InChI is InChI=1S/C11H14N2O2.ClH/c1-11(7-15-6-10(14)13-11)8-3-2-4-9(12)5-8;/h2-5H,6-7,12H2,1H3,(H,13,14);1H. The lowest BCUT2D eigenvalue weighted by Crippen LogP contribution is -2.52. The highest BCUT2D eigenvalue weighted by atomic mass is 35.5. The van der Waals surface area contributed by atoms with E-state index in [4.69, 9.17) is 10.5 Å². The number of carbonyl (C=O) groups excluding carboxylic acids is 1. The Kier molecular flexibility index (Phi) is 3.78. The van der Waals surface area contributed by atoms with Gasteiger partial charge in [0.05, 0.1) is 12.1 Å². The first-order chi connectivity index (χ1) is 7.10. The molecule has 0 radical (unpaired) electrons. The van der Waals surface area contributed by atoms with Gasteiger partial charge in [-0.2, -0.15) is 0 Å². The number of carbonyl (C=O) groups is 1. The van der Waals surface area contributed by atoms with E-state index in [1.165, 1.54) is 0 Å². The summed E-state index contributed by atoms with van der Waals surface area (Å²) >= 11 is 0. The van der Waals surface area contributed by atoms with E-state index in [1.54, 1.807) is 0 Å². The number of benzene rings is 1. The molecule has 1 fully saturated rings. The molecule has 1 atom stereocenters. The number of morpholine rings is 1. The second kappa shape index (κ2) is 4.72. The summed E-state index contributed by atoms with van der Waals surface area (Å²) in [5.41, 5.74) is 6.89. The maximum absolute atomic E-state index is 11.3. The van der Waals surface area contributed by atoms with Crippen molar-refractivity contribution in [1.82, 2.24) is 5.32 Å². The van der Waals surface area contributed by atoms with Crippen molar-refractivity contribution in [3.8, 4) is 0 Å². The van der Waals surface area contributed by atoms with Crippen LogP contribution in [0.3, 0.4) is 0 Å². The van der Waals surface area contributed by atoms with Gasteiger partial charge in [0, 0.05) is 5.69 Å². The molecule has 16 heavy (non-hydrogen) atoms. The number of rotatable bonds is 1. The molecule has 1 aromatic carbocycles. The van der Waals surface area contributed by atoms with Gasteiger partial charge in [0.1, 0.15) is 6.61 Å². The van der Waals surface area contributed by atoms with Crippen LogP contribution in [0.4, 0.5) is 5.69 Å². The number of amides is 1. The minimum absolute atomic E-state index is 0. The maximum Gasteiger partial charge on any atom is 0.246 e. The number of anilines is 1. The fourth-order valence-electron chi connectivity index (χ4n) is 1.77. The van der Waals surface area contributed by atoms with E-state index in [1.807, 2.05) is 31.2 Å². The van der Waals surface area contributed by atoms with Gasteiger partial charge in [0.2, 0.25) is 5.91 Å². The van der Waals surface area contributed by atoms with E-state index in [-0.39, 0.29) is 24.9 Å². The molecule has 1 unspecified atom stereocenters. The van der Waals surface area contributed by atoms with Crippen molar-refractivity contribution >= 4 is 24.0 Å². The van der Waals surface area contributed by atoms with Gasteiger partial charge in [-0.3, -0.25) is 4.79 Å². The zero-order valence-electron chi connectivity index (χ0n) is 9.03. The predicted octanol–water partition coefficient (Wildman–Crippen LogP) is 1.05. The molecule has 3 N–H and O–H groups in total. The maximum atomic E-state index is 11.3. The first-order valence-electron chi connectivity index (χ1n) is 4.85. The fraction of sp³-hybridized carbons (Fsp3) is 0.364. The van der Waals surface area contributed by atoms with E-state index in [0.29, 0.717) is 12.3 Å². The van der Waals surface area contributed by atoms with Gasteiger partial charge in [0.15, 0.2) is 0 Å². The molecule has 1 heterocycles. The Hall–Kier alpha value is -1.26. The van der Waals surface area contributed by atoms with Crippen LogP contribution in [0.1, 0.15) is 12.5 Å². The number of hydrogen-bond acceptors (Lipinski definition) is 3. The number of ether oxygens (including phenoxy) is 1. The molecule has 0 aromatic heterocycles. The molecule has 1 saturated heterocycles. The van der Waals surface area contributed by atoms with Crippen LogP contribution in [0.2, 0.25) is 0 Å². The fourth-order valence-corrected chi connectivity index (χ4v) is 1.77. The van der Waals surface area contributed by atoms with Gasteiger partial charge in [-0.05, 0) is 24.6 Å². The Balaban J connectivity index is 0.00000128. The summed E-state index contributed by atoms with van der Waals surface area (Å²) in [5.74, 6) is -0.0915. The van der Waals surface area contributed by atoms with Gasteiger partial charge in [0.25, 0.3) is 0 Å². The summed E-state index contributed by atoms with van der Waals surface area (Å²) in [5, 5.41) is 2.92. The molecule has 0 spiro atoms. The van der Waals surface area contributed by atoms with E-state index >= 15 is 0 Å². The summed E-state index contributed by atoms with van der Waals surface area (Å²) < 4.78 is 5.24. The number of halogens is 1. The smallest absolute Gasteiger partial charge is 0.246 e. The molecular formula is C11H15ClN2O2. The van der Waals surface area contributed by atoms with Crippen molar-refractivity contribution < 1.29 is 9.53 Å². The molecule has 0 saturated carbocycles. The Labute approximate surface area is 101 Å². The third-order valence-electron chi connectivity index (χ3n) is 2.56. The van der Waals surface area contributed by atoms with Gasteiger partial charge in [-0.15, -0.1) is 12.4 Å². The van der Waals surface area contributed by atoms with Crippen molar-refractivity contribution in [3.05, 3.63) is 29.8 Å². The third kappa shape index (κ3) is 2.46. The van der Waals surface area contributed by atoms with E-state index in [9.17, 15) is 4.79 Å². The summed E-state index contributed by atoms with van der Waals surface area (Å²) in [6.07, 6.45) is 0. The quantitative estimate of drug-likeness (QED) is 0.724. The van der Waals surface area contributed by atoms with Gasteiger partial charge in [-0.1, -0.05) is 12.1 Å². The summed E-state index contributed by atoms with van der Waals surface area (Å²) in [6, 6.07) is 7.48. The molecule has 2 rings (SSSR count). The lowest BCUT2D eigenvalue weighted by atomic mass is 9.91. The minimum Gasteiger partial charge on any atom is -0.399 e. The lowest BCUT2D eigenvalue weighted by Gasteiger charge is -2.34. The SMILES string of the molecule is CC1(c2cccc(N)c2)COCC(=O)N1.Cl. The van der Waals surface area contributed by atoms with Gasteiger partial charge >= 0.3 is 0 Å². The number of nitrogens with two attached hydrogens (primary N) is 1. The van der Waals surface area contributed by atoms with Crippen molar-refractivity contribution in [3.63, 3.8) is 0 Å². The van der Waals surface area contributed by atoms with Crippen LogP contribution in [0.15, 0.2) is 24.3 Å². The Morgan fingerprint density at radius 1 is 1.50 bits per heavy atom. The Morgan fingerprint density at radius 3 is 2.88 bits per heavy atom. The van der Waals surface area contributed by atoms with Crippen molar-refractivity contribution in [2.75, 3.05) is 18.9 Å². The highest BCUT2D eigenvalue weighted by molar-refractivity contribution is 5.85. The van der Waals surface area contributed by atoms with Crippen LogP contribution in [0.5, 0.6) is 0 Å². The largest absolute Gasteiger partial charge is 0.399 e. The lowest BCUT2D eigenvalue weighted by molar-refractivity contribution is -0.135. The molecule has 0 bridgehead atoms. The molecule has 1 aromatic rings. The third-order valence-corrected chi connectivity index (χ3v) is 2.56. The van der Waals surface area contributed by atoms with Crippen LogP contribution in [-0.2, 0) is 15.1 Å². The van der Waals surface area contributed by atoms with Crippen molar-refractivity contribution in [1.29, 1.82) is 0 Å². The molecule has 5 heteroatoms. The van der Waals surface area contributed by atoms with Crippen molar-refractivity contribution in [2.45, 2.75) is 12.5 Å². The second-order valence-corrected chi connectivity index (χ2v) is 4.00. The van der Waals surface area contributed by atoms with E-state index < -0.39 is 5.54 Å². The zero-order valence-corrected chi connectivity index (χ0v) is 9.84. The highest BCUT2D eigenvalue weighted by Gasteiger charge is 2.32. The summed E-state index contributed by atoms with van der Waals surface area (Å²) in [6.45, 7) is 2.54. The number of hydrogen-bond donors (Lipinski definition) is 2. The average Bonchev–Trinajstić information content (AvgIpc) is 2.17. The molecule has 0 aliphatic carbocycles. The van der Waals surface area contributed by atoms with Crippen LogP contribution in [-0.4, -0.2) is 19.1 Å². The first-order valence-corrected chi connectivity index (χ1v) is 4.85. The van der Waals surface area contributed by atoms with Gasteiger partial charge < -0.3 is 15.8 Å². The Morgan fingerprint density at radius 2 is 2.25 bits per heavy atom. The van der Waals surface area contributed by atoms with Crippen molar-refractivity contribution in [2.24, 2.45) is 0 Å². The number of nitrogen functional groups attached to an aromatic ring is 1. The van der Waals surface area contributed by atoms with E-state index in [0.717, 1.165) is 5.56 Å². The number of nitrogens with one attached hydrogen (secondary N) is 1. The molecule has 1 amide bonds. The van der Waals surface area contributed by atoms with Crippen LogP contribution in [0.25, 0.3) is 0 Å². The molecule has 4 nitrogen and oxygen atoms in total. The second-order valence-electron chi connectivity index (χ2n) is 4.00. The molecular weight excluding hydrogens is 228 g/mol. The molecule has 1 aliphatic rings. The monoisotopic (exact) mass is 242 g/mol. The average molecular weight is 243 g/mol.